The summed E-state index contributed by atoms with van der Waals surface area (Å²) in [5.74, 6) is 0.0261. The van der Waals surface area contributed by atoms with Crippen LogP contribution >= 0.6 is 11.3 Å². The molecule has 0 spiro atoms. The number of hydrogen-bond acceptors (Lipinski definition) is 5. The minimum Gasteiger partial charge on any atom is -0.506 e. The average molecular weight is 358 g/mol. The highest BCUT2D eigenvalue weighted by molar-refractivity contribution is 7.16. The van der Waals surface area contributed by atoms with Crippen molar-refractivity contribution in [2.45, 2.75) is 25.4 Å². The smallest absolute Gasteiger partial charge is 0.305 e. The van der Waals surface area contributed by atoms with Crippen molar-refractivity contribution in [3.8, 4) is 5.75 Å². The summed E-state index contributed by atoms with van der Waals surface area (Å²) in [6, 6.07) is 13.6. The minimum atomic E-state index is -0.719. The van der Waals surface area contributed by atoms with Crippen LogP contribution in [0.4, 0.5) is 0 Å². The summed E-state index contributed by atoms with van der Waals surface area (Å²) < 4.78 is 0.614. The molecular formula is C19H22N2O3S. The predicted molar refractivity (Wildman–Crippen MR) is 101 cm³/mol. The van der Waals surface area contributed by atoms with E-state index in [0.29, 0.717) is 22.3 Å². The van der Waals surface area contributed by atoms with E-state index in [9.17, 15) is 15.0 Å². The van der Waals surface area contributed by atoms with Crippen LogP contribution in [0.15, 0.2) is 47.3 Å². The lowest BCUT2D eigenvalue weighted by Gasteiger charge is -2.13. The third-order valence-electron chi connectivity index (χ3n) is 4.20. The molecule has 132 valence electrons. The number of rotatable bonds is 8. The van der Waals surface area contributed by atoms with Crippen LogP contribution in [0.3, 0.4) is 0 Å². The number of hydrogen-bond donors (Lipinski definition) is 4. The van der Waals surface area contributed by atoms with Gasteiger partial charge in [0.25, 0.3) is 0 Å². The van der Waals surface area contributed by atoms with Gasteiger partial charge in [0, 0.05) is 12.1 Å². The Bertz CT molecular complexity index is 873. The standard InChI is InChI=1S/C19H22N2O3S/c22-15-10-9-14(18-17(15)21-19(24)25-18)16(23)12-20-11-5-4-8-13-6-2-1-3-7-13/h1-3,6-7,9-10,16,20,22-23H,4-5,8,11-12H2,(H,21,24)/t16-/m0/s1. The number of aryl methyl sites for hydroxylation is 1. The summed E-state index contributed by atoms with van der Waals surface area (Å²) in [6.07, 6.45) is 2.46. The Morgan fingerprint density at radius 2 is 1.92 bits per heavy atom. The SMILES string of the molecule is O=c1[nH]c2c(O)ccc([C@@H](O)CNCCCCc3ccccc3)c2s1. The number of aliphatic hydroxyl groups excluding tert-OH is 1. The fourth-order valence-electron chi connectivity index (χ4n) is 2.87. The highest BCUT2D eigenvalue weighted by Gasteiger charge is 2.15. The normalized spacial score (nSPS) is 12.5. The van der Waals surface area contributed by atoms with E-state index < -0.39 is 6.10 Å². The number of H-pyrrole nitrogens is 1. The molecule has 1 heterocycles. The number of unbranched alkanes of at least 4 members (excludes halogenated alkanes) is 1. The number of aliphatic hydroxyl groups is 1. The van der Waals surface area contributed by atoms with Crippen molar-refractivity contribution >= 4 is 21.6 Å². The fraction of sp³-hybridized carbons (Fsp3) is 0.316. The van der Waals surface area contributed by atoms with E-state index >= 15 is 0 Å². The van der Waals surface area contributed by atoms with E-state index in [1.54, 1.807) is 6.07 Å². The molecule has 0 saturated carbocycles. The number of fused-ring (bicyclic) bond motifs is 1. The number of nitrogens with one attached hydrogen (secondary N) is 2. The van der Waals surface area contributed by atoms with Crippen molar-refractivity contribution in [1.82, 2.24) is 10.3 Å². The van der Waals surface area contributed by atoms with Crippen LogP contribution < -0.4 is 10.2 Å². The molecule has 4 N–H and O–H groups in total. The zero-order chi connectivity index (χ0) is 17.6. The van der Waals surface area contributed by atoms with Gasteiger partial charge in [-0.05, 0) is 37.4 Å². The Morgan fingerprint density at radius 3 is 2.72 bits per heavy atom. The lowest BCUT2D eigenvalue weighted by Crippen LogP contribution is -2.22. The van der Waals surface area contributed by atoms with Gasteiger partial charge in [-0.2, -0.15) is 0 Å². The predicted octanol–water partition coefficient (Wildman–Crippen LogP) is 2.94. The van der Waals surface area contributed by atoms with Crippen molar-refractivity contribution in [2.75, 3.05) is 13.1 Å². The van der Waals surface area contributed by atoms with Gasteiger partial charge in [-0.25, -0.2) is 0 Å². The van der Waals surface area contributed by atoms with Crippen molar-refractivity contribution in [3.05, 3.63) is 63.3 Å². The molecule has 0 radical (unpaired) electrons. The van der Waals surface area contributed by atoms with Crippen LogP contribution in [-0.4, -0.2) is 28.3 Å². The summed E-state index contributed by atoms with van der Waals surface area (Å²) >= 11 is 1.01. The lowest BCUT2D eigenvalue weighted by molar-refractivity contribution is 0.176. The summed E-state index contributed by atoms with van der Waals surface area (Å²) in [6.45, 7) is 1.24. The molecule has 0 saturated heterocycles. The molecule has 3 rings (SSSR count). The number of aromatic nitrogens is 1. The number of phenolic OH excluding ortho intramolecular Hbond substituents is 1. The molecule has 25 heavy (non-hydrogen) atoms. The Morgan fingerprint density at radius 1 is 1.12 bits per heavy atom. The Hall–Kier alpha value is -2.15. The van der Waals surface area contributed by atoms with Crippen molar-refractivity contribution in [1.29, 1.82) is 0 Å². The van der Waals surface area contributed by atoms with E-state index in [-0.39, 0.29) is 10.6 Å². The molecule has 0 bridgehead atoms. The van der Waals surface area contributed by atoms with Gasteiger partial charge in [-0.3, -0.25) is 4.79 Å². The molecule has 6 heteroatoms. The molecule has 0 amide bonds. The molecule has 0 unspecified atom stereocenters. The molecular weight excluding hydrogens is 336 g/mol. The van der Waals surface area contributed by atoms with Gasteiger partial charge in [-0.15, -0.1) is 0 Å². The summed E-state index contributed by atoms with van der Waals surface area (Å²) in [5.41, 5.74) is 2.40. The Kier molecular flexibility index (Phi) is 5.86. The molecule has 1 aromatic heterocycles. The quantitative estimate of drug-likeness (QED) is 0.467. The highest BCUT2D eigenvalue weighted by atomic mass is 32.1. The van der Waals surface area contributed by atoms with Crippen molar-refractivity contribution in [2.24, 2.45) is 0 Å². The van der Waals surface area contributed by atoms with Crippen LogP contribution in [-0.2, 0) is 6.42 Å². The number of aromatic hydroxyl groups is 1. The number of phenols is 1. The van der Waals surface area contributed by atoms with Gasteiger partial charge in [0.15, 0.2) is 0 Å². The Balaban J connectivity index is 1.47. The molecule has 0 aliphatic heterocycles. The van der Waals surface area contributed by atoms with Crippen LogP contribution in [0.5, 0.6) is 5.75 Å². The topological polar surface area (TPSA) is 85.4 Å². The Labute approximate surface area is 150 Å². The second-order valence-corrected chi connectivity index (χ2v) is 7.04. The first kappa shape index (κ1) is 17.7. The largest absolute Gasteiger partial charge is 0.506 e. The maximum atomic E-state index is 11.5. The first-order valence-electron chi connectivity index (χ1n) is 8.42. The number of thiazole rings is 1. The molecule has 0 aliphatic carbocycles. The second kappa shape index (κ2) is 8.29. The van der Waals surface area contributed by atoms with Crippen LogP contribution in [0, 0.1) is 0 Å². The molecule has 0 fully saturated rings. The van der Waals surface area contributed by atoms with Gasteiger partial charge in [0.05, 0.1) is 10.8 Å². The molecule has 5 nitrogen and oxygen atoms in total. The second-order valence-electron chi connectivity index (χ2n) is 6.06. The maximum Gasteiger partial charge on any atom is 0.305 e. The average Bonchev–Trinajstić information content (AvgIpc) is 3.01. The van der Waals surface area contributed by atoms with E-state index in [0.717, 1.165) is 37.1 Å². The molecule has 3 aromatic rings. The monoisotopic (exact) mass is 358 g/mol. The van der Waals surface area contributed by atoms with Crippen LogP contribution in [0.25, 0.3) is 10.2 Å². The third kappa shape index (κ3) is 4.48. The van der Waals surface area contributed by atoms with Crippen LogP contribution in [0.1, 0.15) is 30.1 Å². The summed E-state index contributed by atoms with van der Waals surface area (Å²) in [7, 11) is 0. The lowest BCUT2D eigenvalue weighted by atomic mass is 10.1. The zero-order valence-electron chi connectivity index (χ0n) is 13.9. The molecule has 2 aromatic carbocycles. The van der Waals surface area contributed by atoms with E-state index in [1.165, 1.54) is 11.6 Å². The first-order chi connectivity index (χ1) is 12.1. The van der Waals surface area contributed by atoms with E-state index in [4.69, 9.17) is 0 Å². The molecule has 0 aliphatic rings. The number of benzene rings is 2. The minimum absolute atomic E-state index is 0.0261. The first-order valence-corrected chi connectivity index (χ1v) is 9.24. The fourth-order valence-corrected chi connectivity index (χ4v) is 3.79. The van der Waals surface area contributed by atoms with Gasteiger partial charge in [-0.1, -0.05) is 47.7 Å². The summed E-state index contributed by atoms with van der Waals surface area (Å²) in [4.78, 5) is 13.9. The third-order valence-corrected chi connectivity index (χ3v) is 5.13. The summed E-state index contributed by atoms with van der Waals surface area (Å²) in [5, 5.41) is 23.5. The number of aromatic amines is 1. The highest BCUT2D eigenvalue weighted by Crippen LogP contribution is 2.31. The van der Waals surface area contributed by atoms with Gasteiger partial charge >= 0.3 is 4.87 Å². The van der Waals surface area contributed by atoms with Crippen molar-refractivity contribution < 1.29 is 10.2 Å². The zero-order valence-corrected chi connectivity index (χ0v) is 14.7. The van der Waals surface area contributed by atoms with Gasteiger partial charge in [0.1, 0.15) is 11.3 Å². The van der Waals surface area contributed by atoms with Gasteiger partial charge < -0.3 is 20.5 Å². The van der Waals surface area contributed by atoms with Gasteiger partial charge in [0.2, 0.25) is 0 Å². The maximum absolute atomic E-state index is 11.5. The molecule has 1 atom stereocenters. The van der Waals surface area contributed by atoms with E-state index in [2.05, 4.69) is 34.6 Å². The van der Waals surface area contributed by atoms with E-state index in [1.807, 2.05) is 6.07 Å². The van der Waals surface area contributed by atoms with Crippen molar-refractivity contribution in [3.63, 3.8) is 0 Å². The van der Waals surface area contributed by atoms with Crippen LogP contribution in [0.2, 0.25) is 0 Å².